The Morgan fingerprint density at radius 2 is 1.51 bits per heavy atom. The second-order valence-corrected chi connectivity index (χ2v) is 12.2. The molecule has 212 valence electrons. The fraction of sp³-hybridized carbons (Fsp3) is 0.500. The van der Waals surface area contributed by atoms with Crippen molar-refractivity contribution in [3.63, 3.8) is 0 Å². The normalized spacial score (nSPS) is 19.5. The van der Waals surface area contributed by atoms with Crippen LogP contribution in [0.2, 0.25) is 0 Å². The highest BCUT2D eigenvalue weighted by atomic mass is 19.4. The summed E-state index contributed by atoms with van der Waals surface area (Å²) in [6.45, 7) is 10.7. The Hall–Kier alpha value is -3.20. The van der Waals surface area contributed by atoms with Gasteiger partial charge in [-0.05, 0) is 41.4 Å². The lowest BCUT2D eigenvalue weighted by molar-refractivity contribution is -0.169. The Labute approximate surface area is 227 Å². The highest BCUT2D eigenvalue weighted by Crippen LogP contribution is 2.40. The number of hydrogen-bond acceptors (Lipinski definition) is 4. The first-order valence-electron chi connectivity index (χ1n) is 13.0. The van der Waals surface area contributed by atoms with Crippen molar-refractivity contribution in [3.05, 3.63) is 64.7 Å². The van der Waals surface area contributed by atoms with Crippen LogP contribution in [0.5, 0.6) is 5.75 Å². The van der Waals surface area contributed by atoms with Crippen molar-refractivity contribution < 1.29 is 33.0 Å². The summed E-state index contributed by atoms with van der Waals surface area (Å²) >= 11 is 0. The highest BCUT2D eigenvalue weighted by molar-refractivity contribution is 6.04. The van der Waals surface area contributed by atoms with E-state index in [9.17, 15) is 33.0 Å². The van der Waals surface area contributed by atoms with Gasteiger partial charge in [0.2, 0.25) is 0 Å². The summed E-state index contributed by atoms with van der Waals surface area (Å²) < 4.78 is 39.7. The highest BCUT2D eigenvalue weighted by Gasteiger charge is 2.43. The minimum atomic E-state index is -5.17. The molecule has 1 amide bonds. The first-order valence-corrected chi connectivity index (χ1v) is 13.0. The molecule has 0 aliphatic carbocycles. The SMILES string of the molecule is CC(C)(C)c1cc(C(=O)CN2/C(=N\C(=O)C(F)(F)F)[C@H](Cc3ccccc3)C[C@H]2CO)cc(C(C)(C)C)c1O. The van der Waals surface area contributed by atoms with E-state index in [0.717, 1.165) is 5.56 Å². The zero-order chi connectivity index (χ0) is 29.3. The number of ketones is 1. The number of aliphatic hydroxyl groups is 1. The molecule has 0 spiro atoms. The van der Waals surface area contributed by atoms with E-state index in [1.165, 1.54) is 4.90 Å². The van der Waals surface area contributed by atoms with E-state index in [1.54, 1.807) is 24.3 Å². The zero-order valence-electron chi connectivity index (χ0n) is 23.3. The second kappa shape index (κ2) is 11.1. The van der Waals surface area contributed by atoms with E-state index >= 15 is 0 Å². The molecule has 0 unspecified atom stereocenters. The number of amides is 1. The molecule has 2 aromatic rings. The number of aliphatic imine (C=N–C) groups is 1. The van der Waals surface area contributed by atoms with E-state index in [4.69, 9.17) is 0 Å². The number of carbonyl (C=O) groups excluding carboxylic acids is 2. The van der Waals surface area contributed by atoms with Crippen LogP contribution in [0.15, 0.2) is 47.5 Å². The number of rotatable bonds is 6. The molecule has 0 saturated carbocycles. The van der Waals surface area contributed by atoms with E-state index < -0.39 is 47.3 Å². The minimum absolute atomic E-state index is 0.0990. The average Bonchev–Trinajstić information content (AvgIpc) is 3.13. The molecular weight excluding hydrogens is 509 g/mol. The average molecular weight is 547 g/mol. The summed E-state index contributed by atoms with van der Waals surface area (Å²) in [5, 5.41) is 21.1. The zero-order valence-corrected chi connectivity index (χ0v) is 23.3. The number of carbonyl (C=O) groups is 2. The van der Waals surface area contributed by atoms with Gasteiger partial charge < -0.3 is 15.1 Å². The maximum Gasteiger partial charge on any atom is 0.473 e. The summed E-state index contributed by atoms with van der Waals surface area (Å²) in [6.07, 6.45) is -4.64. The predicted molar refractivity (Wildman–Crippen MR) is 144 cm³/mol. The Bertz CT molecular complexity index is 1210. The van der Waals surface area contributed by atoms with E-state index in [0.29, 0.717) is 17.5 Å². The molecule has 1 fully saturated rings. The van der Waals surface area contributed by atoms with Crippen molar-refractivity contribution in [1.82, 2.24) is 4.90 Å². The predicted octanol–water partition coefficient (Wildman–Crippen LogP) is 5.58. The van der Waals surface area contributed by atoms with Crippen LogP contribution in [0.3, 0.4) is 0 Å². The smallest absolute Gasteiger partial charge is 0.473 e. The molecule has 1 heterocycles. The number of Topliss-reactive ketones (excluding diaryl/α,β-unsaturated/α-hetero) is 1. The Balaban J connectivity index is 2.06. The van der Waals surface area contributed by atoms with Crippen LogP contribution in [0.25, 0.3) is 0 Å². The van der Waals surface area contributed by atoms with Gasteiger partial charge in [-0.2, -0.15) is 18.2 Å². The standard InChI is InChI=1S/C30H37F3N2O4/c1-28(2,3)22-14-19(15-23(25(22)38)29(4,5)6)24(37)16-35-21(17-36)13-20(12-18-10-8-7-9-11-18)26(35)34-27(39)30(31,32)33/h7-11,14-15,20-21,36,38H,12-13,16-17H2,1-6H3/b34-26-/t20-,21+/m1/s1. The number of likely N-dealkylation sites (tertiary alicyclic amines) is 1. The van der Waals surface area contributed by atoms with Crippen LogP contribution in [0.4, 0.5) is 13.2 Å². The number of benzene rings is 2. The molecule has 2 atom stereocenters. The number of hydrogen-bond donors (Lipinski definition) is 2. The summed E-state index contributed by atoms with van der Waals surface area (Å²) in [7, 11) is 0. The van der Waals surface area contributed by atoms with Crippen molar-refractivity contribution in [1.29, 1.82) is 0 Å². The Morgan fingerprint density at radius 3 is 1.97 bits per heavy atom. The van der Waals surface area contributed by atoms with E-state index in [2.05, 4.69) is 4.99 Å². The van der Waals surface area contributed by atoms with Gasteiger partial charge in [0.25, 0.3) is 0 Å². The lowest BCUT2D eigenvalue weighted by Gasteiger charge is -2.29. The van der Waals surface area contributed by atoms with Gasteiger partial charge in [0.05, 0.1) is 19.2 Å². The Morgan fingerprint density at radius 1 is 0.974 bits per heavy atom. The third-order valence-electron chi connectivity index (χ3n) is 7.01. The molecule has 39 heavy (non-hydrogen) atoms. The van der Waals surface area contributed by atoms with Gasteiger partial charge in [0.15, 0.2) is 5.78 Å². The maximum absolute atomic E-state index is 13.7. The van der Waals surface area contributed by atoms with Crippen LogP contribution in [-0.4, -0.2) is 58.0 Å². The molecular formula is C30H37F3N2O4. The lowest BCUT2D eigenvalue weighted by atomic mass is 9.78. The van der Waals surface area contributed by atoms with Gasteiger partial charge in [-0.15, -0.1) is 0 Å². The maximum atomic E-state index is 13.7. The van der Waals surface area contributed by atoms with Crippen molar-refractivity contribution >= 4 is 17.5 Å². The van der Waals surface area contributed by atoms with Crippen molar-refractivity contribution in [2.45, 2.75) is 77.4 Å². The summed E-state index contributed by atoms with van der Waals surface area (Å²) in [6, 6.07) is 11.6. The van der Waals surface area contributed by atoms with Crippen molar-refractivity contribution in [2.75, 3.05) is 13.2 Å². The third-order valence-corrected chi connectivity index (χ3v) is 7.01. The molecule has 1 saturated heterocycles. The summed E-state index contributed by atoms with van der Waals surface area (Å²) in [4.78, 5) is 30.4. The molecule has 6 nitrogen and oxygen atoms in total. The number of alkyl halides is 3. The molecule has 1 aliphatic rings. The molecule has 2 aromatic carbocycles. The van der Waals surface area contributed by atoms with Gasteiger partial charge in [0, 0.05) is 22.6 Å². The first kappa shape index (κ1) is 30.3. The number of phenolic OH excluding ortho intramolecular Hbond substituents is 1. The van der Waals surface area contributed by atoms with Crippen LogP contribution < -0.4 is 0 Å². The number of halogens is 3. The number of nitrogens with zero attached hydrogens (tertiary/aromatic N) is 2. The molecule has 9 heteroatoms. The van der Waals surface area contributed by atoms with Gasteiger partial charge >= 0.3 is 12.1 Å². The third kappa shape index (κ3) is 7.06. The molecule has 0 radical (unpaired) electrons. The summed E-state index contributed by atoms with van der Waals surface area (Å²) in [5.41, 5.74) is 1.28. The number of amidine groups is 1. The van der Waals surface area contributed by atoms with Crippen LogP contribution in [0, 0.1) is 5.92 Å². The minimum Gasteiger partial charge on any atom is -0.507 e. The summed E-state index contributed by atoms with van der Waals surface area (Å²) in [5.74, 6) is -3.32. The Kier molecular flexibility index (Phi) is 8.65. The monoisotopic (exact) mass is 546 g/mol. The van der Waals surface area contributed by atoms with E-state index in [1.807, 2.05) is 59.7 Å². The van der Waals surface area contributed by atoms with Gasteiger partial charge in [0.1, 0.15) is 11.6 Å². The molecule has 3 rings (SSSR count). The second-order valence-electron chi connectivity index (χ2n) is 12.2. The molecule has 0 aromatic heterocycles. The number of aliphatic hydroxyl groups excluding tert-OH is 1. The van der Waals surface area contributed by atoms with Gasteiger partial charge in [-0.3, -0.25) is 9.59 Å². The fourth-order valence-electron chi connectivity index (χ4n) is 4.95. The van der Waals surface area contributed by atoms with Crippen LogP contribution in [-0.2, 0) is 22.0 Å². The molecule has 2 N–H and O–H groups in total. The fourth-order valence-corrected chi connectivity index (χ4v) is 4.95. The molecule has 1 aliphatic heterocycles. The van der Waals surface area contributed by atoms with Crippen LogP contribution in [0.1, 0.15) is 75.0 Å². The largest absolute Gasteiger partial charge is 0.507 e. The van der Waals surface area contributed by atoms with Crippen LogP contribution >= 0.6 is 0 Å². The van der Waals surface area contributed by atoms with E-state index in [-0.39, 0.29) is 30.1 Å². The van der Waals surface area contributed by atoms with Gasteiger partial charge in [-0.1, -0.05) is 71.9 Å². The lowest BCUT2D eigenvalue weighted by Crippen LogP contribution is -2.41. The topological polar surface area (TPSA) is 90.2 Å². The van der Waals surface area contributed by atoms with Crippen molar-refractivity contribution in [3.8, 4) is 5.75 Å². The quantitative estimate of drug-likeness (QED) is 0.462. The number of phenols is 1. The van der Waals surface area contributed by atoms with Crippen molar-refractivity contribution in [2.24, 2.45) is 10.9 Å². The van der Waals surface area contributed by atoms with Gasteiger partial charge in [-0.25, -0.2) is 0 Å². The first-order chi connectivity index (χ1) is 17.9. The molecule has 0 bridgehead atoms. The number of aromatic hydroxyl groups is 1.